The Balaban J connectivity index is 0.00000324. The van der Waals surface area contributed by atoms with Crippen LogP contribution in [0.2, 0.25) is 0 Å². The summed E-state index contributed by atoms with van der Waals surface area (Å²) < 4.78 is 1.75. The van der Waals surface area contributed by atoms with Gasteiger partial charge in [0, 0.05) is 32.1 Å². The van der Waals surface area contributed by atoms with Crippen molar-refractivity contribution in [2.45, 2.75) is 51.7 Å². The van der Waals surface area contributed by atoms with Crippen molar-refractivity contribution in [1.29, 1.82) is 0 Å². The average molecular weight is 505 g/mol. The smallest absolute Gasteiger partial charge is 0.281 e. The van der Waals surface area contributed by atoms with E-state index in [1.807, 2.05) is 63.2 Å². The fourth-order valence-electron chi connectivity index (χ4n) is 4.25. The van der Waals surface area contributed by atoms with Crippen LogP contribution in [0.5, 0.6) is 0 Å². The molecule has 3 heterocycles. The van der Waals surface area contributed by atoms with E-state index in [-0.39, 0.29) is 36.0 Å². The molecule has 0 saturated carbocycles. The largest absolute Gasteiger partial charge is 0.350 e. The minimum absolute atomic E-state index is 0. The van der Waals surface area contributed by atoms with Crippen LogP contribution in [0.15, 0.2) is 35.1 Å². The molecule has 2 aromatic heterocycles. The van der Waals surface area contributed by atoms with E-state index in [0.29, 0.717) is 28.4 Å². The number of nitrogens with one attached hydrogen (secondary N) is 1. The molecular formula is C24H33ClN6O2S. The number of rotatable bonds is 8. The highest BCUT2D eigenvalue weighted by molar-refractivity contribution is 7.21. The lowest BCUT2D eigenvalue weighted by Crippen LogP contribution is -2.43. The topological polar surface area (TPSA) is 83.4 Å². The van der Waals surface area contributed by atoms with Crippen LogP contribution in [-0.2, 0) is 17.8 Å². The van der Waals surface area contributed by atoms with Crippen LogP contribution >= 0.6 is 23.7 Å². The standard InChI is InChI=1S/C24H32N6O2S.ClH/c1-16(2)30-19(12-14-28(3)4)26-22-20(23(30)32)27-24(33-22)29-13-8-11-18(29)21(31)25-15-17-9-6-5-7-10-17;/h5-7,9-10,16,18H,8,11-15H2,1-4H3,(H,25,31);1H. The molecule has 4 rings (SSSR count). The van der Waals surface area contributed by atoms with Gasteiger partial charge in [0.2, 0.25) is 5.91 Å². The van der Waals surface area contributed by atoms with Crippen LogP contribution in [0.1, 0.15) is 44.1 Å². The molecule has 10 heteroatoms. The first-order valence-electron chi connectivity index (χ1n) is 11.5. The molecule has 1 saturated heterocycles. The molecule has 1 N–H and O–H groups in total. The Hall–Kier alpha value is -2.49. The van der Waals surface area contributed by atoms with Gasteiger partial charge in [0.15, 0.2) is 15.5 Å². The molecule has 184 valence electrons. The van der Waals surface area contributed by atoms with E-state index < -0.39 is 0 Å². The molecule has 0 bridgehead atoms. The van der Waals surface area contributed by atoms with E-state index in [0.717, 1.165) is 37.3 Å². The van der Waals surface area contributed by atoms with E-state index in [9.17, 15) is 9.59 Å². The monoisotopic (exact) mass is 504 g/mol. The summed E-state index contributed by atoms with van der Waals surface area (Å²) in [6.45, 7) is 6.05. The molecule has 0 aliphatic carbocycles. The van der Waals surface area contributed by atoms with Gasteiger partial charge in [0.05, 0.1) is 0 Å². The second kappa shape index (κ2) is 11.3. The summed E-state index contributed by atoms with van der Waals surface area (Å²) in [6, 6.07) is 9.61. The molecule has 1 aliphatic rings. The Kier molecular flexibility index (Phi) is 8.67. The molecule has 1 amide bonds. The van der Waals surface area contributed by atoms with Gasteiger partial charge in [0.1, 0.15) is 11.9 Å². The molecule has 34 heavy (non-hydrogen) atoms. The molecule has 0 spiro atoms. The summed E-state index contributed by atoms with van der Waals surface area (Å²) in [5, 5.41) is 3.76. The molecule has 1 aliphatic heterocycles. The molecule has 8 nitrogen and oxygen atoms in total. The van der Waals surface area contributed by atoms with Crippen LogP contribution in [0.4, 0.5) is 5.13 Å². The van der Waals surface area contributed by atoms with Crippen molar-refractivity contribution in [2.24, 2.45) is 0 Å². The van der Waals surface area contributed by atoms with Gasteiger partial charge in [-0.2, -0.15) is 0 Å². The Labute approximate surface area is 210 Å². The maximum absolute atomic E-state index is 13.3. The zero-order chi connectivity index (χ0) is 23.5. The van der Waals surface area contributed by atoms with E-state index in [4.69, 9.17) is 4.98 Å². The number of fused-ring (bicyclic) bond motifs is 1. The number of benzene rings is 1. The number of carbonyl (C=O) groups excluding carboxylic acids is 1. The molecule has 3 aromatic rings. The number of amides is 1. The van der Waals surface area contributed by atoms with Crippen molar-refractivity contribution in [3.63, 3.8) is 0 Å². The first-order chi connectivity index (χ1) is 15.8. The van der Waals surface area contributed by atoms with Crippen molar-refractivity contribution in [3.8, 4) is 0 Å². The Morgan fingerprint density at radius 2 is 1.97 bits per heavy atom. The zero-order valence-corrected chi connectivity index (χ0v) is 21.8. The molecule has 0 radical (unpaired) electrons. The number of thiazole rings is 1. The molecular weight excluding hydrogens is 472 g/mol. The van der Waals surface area contributed by atoms with Gasteiger partial charge in [-0.3, -0.25) is 14.2 Å². The summed E-state index contributed by atoms with van der Waals surface area (Å²) >= 11 is 1.41. The highest BCUT2D eigenvalue weighted by Crippen LogP contribution is 2.32. The predicted molar refractivity (Wildman–Crippen MR) is 140 cm³/mol. The van der Waals surface area contributed by atoms with E-state index in [1.165, 1.54) is 11.3 Å². The van der Waals surface area contributed by atoms with Crippen LogP contribution in [0.25, 0.3) is 10.3 Å². The minimum Gasteiger partial charge on any atom is -0.350 e. The lowest BCUT2D eigenvalue weighted by molar-refractivity contribution is -0.122. The normalized spacial score (nSPS) is 15.8. The SMILES string of the molecule is CC(C)n1c(CCN(C)C)nc2sc(N3CCCC3C(=O)NCc3ccccc3)nc2c1=O.Cl. The first kappa shape index (κ1) is 26.1. The quantitative estimate of drug-likeness (QED) is 0.507. The summed E-state index contributed by atoms with van der Waals surface area (Å²) in [6.07, 6.45) is 2.38. The maximum Gasteiger partial charge on any atom is 0.281 e. The molecule has 1 aromatic carbocycles. The summed E-state index contributed by atoms with van der Waals surface area (Å²) in [5.41, 5.74) is 1.36. The number of anilines is 1. The summed E-state index contributed by atoms with van der Waals surface area (Å²) in [5.74, 6) is 0.778. The number of carbonyl (C=O) groups is 1. The van der Waals surface area contributed by atoms with Crippen LogP contribution in [0.3, 0.4) is 0 Å². The minimum atomic E-state index is -0.283. The fraction of sp³-hybridized carbons (Fsp3) is 0.500. The van der Waals surface area contributed by atoms with Crippen molar-refractivity contribution < 1.29 is 4.79 Å². The zero-order valence-electron chi connectivity index (χ0n) is 20.2. The second-order valence-corrected chi connectivity index (χ2v) is 10.0. The van der Waals surface area contributed by atoms with Gasteiger partial charge in [-0.15, -0.1) is 12.4 Å². The van der Waals surface area contributed by atoms with Crippen LogP contribution in [0, 0.1) is 0 Å². The van der Waals surface area contributed by atoms with Gasteiger partial charge >= 0.3 is 0 Å². The third kappa shape index (κ3) is 5.59. The second-order valence-electron chi connectivity index (χ2n) is 9.06. The third-order valence-corrected chi connectivity index (χ3v) is 6.92. The van der Waals surface area contributed by atoms with Gasteiger partial charge in [-0.25, -0.2) is 9.97 Å². The number of halogens is 1. The molecule has 1 unspecified atom stereocenters. The van der Waals surface area contributed by atoms with Crippen molar-refractivity contribution in [2.75, 3.05) is 32.1 Å². The Bertz CT molecular complexity index is 1180. The average Bonchev–Trinajstić information content (AvgIpc) is 3.43. The summed E-state index contributed by atoms with van der Waals surface area (Å²) in [4.78, 5) is 40.5. The predicted octanol–water partition coefficient (Wildman–Crippen LogP) is 3.25. The highest BCUT2D eigenvalue weighted by Gasteiger charge is 2.33. The highest BCUT2D eigenvalue weighted by atomic mass is 35.5. The van der Waals surface area contributed by atoms with Gasteiger partial charge in [-0.1, -0.05) is 41.7 Å². The van der Waals surface area contributed by atoms with Crippen molar-refractivity contribution in [3.05, 3.63) is 52.1 Å². The molecule has 1 atom stereocenters. The van der Waals surface area contributed by atoms with Gasteiger partial charge < -0.3 is 15.1 Å². The van der Waals surface area contributed by atoms with E-state index in [2.05, 4.69) is 15.2 Å². The van der Waals surface area contributed by atoms with E-state index >= 15 is 0 Å². The number of hydrogen-bond donors (Lipinski definition) is 1. The van der Waals surface area contributed by atoms with Gasteiger partial charge in [0.25, 0.3) is 5.56 Å². The van der Waals surface area contributed by atoms with Crippen LogP contribution in [-0.4, -0.2) is 58.6 Å². The lowest BCUT2D eigenvalue weighted by atomic mass is 10.2. The Morgan fingerprint density at radius 3 is 2.65 bits per heavy atom. The third-order valence-electron chi connectivity index (χ3n) is 5.94. The number of aromatic nitrogens is 3. The summed E-state index contributed by atoms with van der Waals surface area (Å²) in [7, 11) is 4.02. The molecule has 1 fully saturated rings. The number of hydrogen-bond acceptors (Lipinski definition) is 7. The van der Waals surface area contributed by atoms with Crippen molar-refractivity contribution in [1.82, 2.24) is 24.8 Å². The van der Waals surface area contributed by atoms with E-state index in [1.54, 1.807) is 4.57 Å². The maximum atomic E-state index is 13.3. The lowest BCUT2D eigenvalue weighted by Gasteiger charge is -2.23. The van der Waals surface area contributed by atoms with Crippen molar-refractivity contribution >= 4 is 45.1 Å². The van der Waals surface area contributed by atoms with Crippen LogP contribution < -0.4 is 15.8 Å². The first-order valence-corrected chi connectivity index (χ1v) is 12.3. The fourth-order valence-corrected chi connectivity index (χ4v) is 5.27. The number of nitrogens with zero attached hydrogens (tertiary/aromatic N) is 5. The number of likely N-dealkylation sites (N-methyl/N-ethyl adjacent to an activating group) is 1. The Morgan fingerprint density at radius 1 is 1.24 bits per heavy atom. The van der Waals surface area contributed by atoms with Gasteiger partial charge in [-0.05, 0) is 46.3 Å².